The quantitative estimate of drug-likeness (QED) is 0.588. The summed E-state index contributed by atoms with van der Waals surface area (Å²) in [7, 11) is 1.68. The number of hydrogen-bond acceptors (Lipinski definition) is 4. The van der Waals surface area contributed by atoms with Crippen molar-refractivity contribution in [2.75, 3.05) is 41.9 Å². The molecule has 32 heavy (non-hydrogen) atoms. The molecular weight excluding hydrogens is 398 g/mol. The predicted octanol–water partition coefficient (Wildman–Crippen LogP) is 5.63. The predicted molar refractivity (Wildman–Crippen MR) is 131 cm³/mol. The summed E-state index contributed by atoms with van der Waals surface area (Å²) in [5.41, 5.74) is 6.17. The SMILES string of the molecule is COc1cc(C(=O)N2CCCCc3ccccc32)ccc1N1CCCNc2ccccc21. The van der Waals surface area contributed by atoms with Crippen LogP contribution in [0.1, 0.15) is 35.2 Å². The first-order valence-electron chi connectivity index (χ1n) is 11.4. The van der Waals surface area contributed by atoms with E-state index in [0.29, 0.717) is 5.56 Å². The normalized spacial score (nSPS) is 15.7. The van der Waals surface area contributed by atoms with E-state index < -0.39 is 0 Å². The number of aryl methyl sites for hydroxylation is 1. The second-order valence-corrected chi connectivity index (χ2v) is 8.38. The summed E-state index contributed by atoms with van der Waals surface area (Å²) in [6.07, 6.45) is 4.15. The van der Waals surface area contributed by atoms with Crippen LogP contribution in [0.3, 0.4) is 0 Å². The molecule has 0 atom stereocenters. The summed E-state index contributed by atoms with van der Waals surface area (Å²) in [5.74, 6) is 0.748. The Morgan fingerprint density at radius 1 is 0.875 bits per heavy atom. The Morgan fingerprint density at radius 2 is 1.69 bits per heavy atom. The van der Waals surface area contributed by atoms with E-state index in [2.05, 4.69) is 46.6 Å². The highest BCUT2D eigenvalue weighted by molar-refractivity contribution is 6.07. The maximum Gasteiger partial charge on any atom is 0.258 e. The van der Waals surface area contributed by atoms with Gasteiger partial charge in [-0.15, -0.1) is 0 Å². The molecule has 0 radical (unpaired) electrons. The molecule has 1 N–H and O–H groups in total. The number of benzene rings is 3. The number of nitrogens with one attached hydrogen (secondary N) is 1. The van der Waals surface area contributed by atoms with Crippen molar-refractivity contribution < 1.29 is 9.53 Å². The van der Waals surface area contributed by atoms with Gasteiger partial charge in [0.15, 0.2) is 0 Å². The Balaban J connectivity index is 1.50. The Morgan fingerprint density at radius 3 is 2.56 bits per heavy atom. The van der Waals surface area contributed by atoms with Crippen molar-refractivity contribution in [1.29, 1.82) is 0 Å². The molecule has 2 heterocycles. The maximum absolute atomic E-state index is 13.6. The lowest BCUT2D eigenvalue weighted by Crippen LogP contribution is -2.31. The smallest absolute Gasteiger partial charge is 0.258 e. The Bertz CT molecular complexity index is 1130. The zero-order chi connectivity index (χ0) is 21.9. The summed E-state index contributed by atoms with van der Waals surface area (Å²) in [6.45, 7) is 2.55. The Hall–Kier alpha value is -3.47. The number of fused-ring (bicyclic) bond motifs is 2. The number of nitrogens with zero attached hydrogens (tertiary/aromatic N) is 2. The molecule has 3 aromatic carbocycles. The van der Waals surface area contributed by atoms with Crippen LogP contribution in [0.5, 0.6) is 5.75 Å². The molecule has 3 aromatic rings. The second-order valence-electron chi connectivity index (χ2n) is 8.38. The fraction of sp³-hybridized carbons (Fsp3) is 0.296. The number of amides is 1. The first kappa shape index (κ1) is 20.4. The zero-order valence-electron chi connectivity index (χ0n) is 18.5. The molecule has 2 aliphatic rings. The highest BCUT2D eigenvalue weighted by atomic mass is 16.5. The summed E-state index contributed by atoms with van der Waals surface area (Å²) in [5, 5.41) is 3.51. The summed E-state index contributed by atoms with van der Waals surface area (Å²) in [6, 6.07) is 22.5. The van der Waals surface area contributed by atoms with Crippen LogP contribution in [0, 0.1) is 0 Å². The van der Waals surface area contributed by atoms with Gasteiger partial charge in [-0.25, -0.2) is 0 Å². The van der Waals surface area contributed by atoms with Crippen molar-refractivity contribution in [1.82, 2.24) is 0 Å². The number of ether oxygens (including phenoxy) is 1. The number of para-hydroxylation sites is 3. The van der Waals surface area contributed by atoms with E-state index in [0.717, 1.165) is 73.8 Å². The molecule has 0 saturated heterocycles. The van der Waals surface area contributed by atoms with Crippen LogP contribution in [-0.2, 0) is 6.42 Å². The van der Waals surface area contributed by atoms with E-state index in [1.165, 1.54) is 5.56 Å². The fourth-order valence-corrected chi connectivity index (χ4v) is 4.78. The van der Waals surface area contributed by atoms with Gasteiger partial charge in [-0.3, -0.25) is 4.79 Å². The van der Waals surface area contributed by atoms with Crippen LogP contribution in [0.25, 0.3) is 0 Å². The van der Waals surface area contributed by atoms with Gasteiger partial charge < -0.3 is 19.9 Å². The molecule has 2 aliphatic heterocycles. The fourth-order valence-electron chi connectivity index (χ4n) is 4.78. The van der Waals surface area contributed by atoms with Crippen LogP contribution in [-0.4, -0.2) is 32.7 Å². The first-order valence-corrected chi connectivity index (χ1v) is 11.4. The monoisotopic (exact) mass is 427 g/mol. The highest BCUT2D eigenvalue weighted by Crippen LogP contribution is 2.39. The van der Waals surface area contributed by atoms with Crippen molar-refractivity contribution in [3.05, 3.63) is 77.9 Å². The van der Waals surface area contributed by atoms with Gasteiger partial charge in [0.05, 0.1) is 24.2 Å². The van der Waals surface area contributed by atoms with Gasteiger partial charge in [-0.2, -0.15) is 0 Å². The molecular formula is C27H29N3O2. The summed E-state index contributed by atoms with van der Waals surface area (Å²) >= 11 is 0. The van der Waals surface area contributed by atoms with E-state index in [1.807, 2.05) is 35.2 Å². The van der Waals surface area contributed by atoms with Crippen molar-refractivity contribution in [2.24, 2.45) is 0 Å². The van der Waals surface area contributed by atoms with Crippen molar-refractivity contribution in [3.8, 4) is 5.75 Å². The van der Waals surface area contributed by atoms with Crippen LogP contribution < -0.4 is 19.9 Å². The molecule has 0 spiro atoms. The number of rotatable bonds is 3. The van der Waals surface area contributed by atoms with Crippen molar-refractivity contribution in [3.63, 3.8) is 0 Å². The third-order valence-corrected chi connectivity index (χ3v) is 6.39. The van der Waals surface area contributed by atoms with E-state index in [4.69, 9.17) is 4.74 Å². The Kier molecular flexibility index (Phi) is 5.71. The number of methoxy groups -OCH3 is 1. The highest BCUT2D eigenvalue weighted by Gasteiger charge is 2.25. The third kappa shape index (κ3) is 3.79. The van der Waals surface area contributed by atoms with E-state index >= 15 is 0 Å². The zero-order valence-corrected chi connectivity index (χ0v) is 18.5. The van der Waals surface area contributed by atoms with Gasteiger partial charge >= 0.3 is 0 Å². The lowest BCUT2D eigenvalue weighted by Gasteiger charge is -2.27. The molecule has 5 rings (SSSR count). The lowest BCUT2D eigenvalue weighted by atomic mass is 10.1. The van der Waals surface area contributed by atoms with Crippen LogP contribution in [0.15, 0.2) is 66.7 Å². The Labute approximate surface area is 189 Å². The number of hydrogen-bond donors (Lipinski definition) is 1. The number of carbonyl (C=O) groups is 1. The van der Waals surface area contributed by atoms with Crippen LogP contribution in [0.4, 0.5) is 22.7 Å². The molecule has 0 unspecified atom stereocenters. The topological polar surface area (TPSA) is 44.8 Å². The molecule has 0 aliphatic carbocycles. The maximum atomic E-state index is 13.6. The van der Waals surface area contributed by atoms with Gasteiger partial charge in [-0.05, 0) is 67.6 Å². The van der Waals surface area contributed by atoms with Gasteiger partial charge in [0.25, 0.3) is 5.91 Å². The summed E-state index contributed by atoms with van der Waals surface area (Å²) < 4.78 is 5.79. The summed E-state index contributed by atoms with van der Waals surface area (Å²) in [4.78, 5) is 17.8. The minimum atomic E-state index is 0.0298. The van der Waals surface area contributed by atoms with Gasteiger partial charge in [0.1, 0.15) is 5.75 Å². The molecule has 164 valence electrons. The second kappa shape index (κ2) is 8.95. The van der Waals surface area contributed by atoms with Crippen LogP contribution >= 0.6 is 0 Å². The molecule has 1 amide bonds. The van der Waals surface area contributed by atoms with Crippen LogP contribution in [0.2, 0.25) is 0 Å². The average molecular weight is 428 g/mol. The largest absolute Gasteiger partial charge is 0.495 e. The average Bonchev–Trinajstić information content (AvgIpc) is 3.19. The van der Waals surface area contributed by atoms with Gasteiger partial charge in [0, 0.05) is 30.9 Å². The van der Waals surface area contributed by atoms with Gasteiger partial charge in [0.2, 0.25) is 0 Å². The molecule has 0 aromatic heterocycles. The van der Waals surface area contributed by atoms with Crippen molar-refractivity contribution in [2.45, 2.75) is 25.7 Å². The third-order valence-electron chi connectivity index (χ3n) is 6.39. The molecule has 0 fully saturated rings. The van der Waals surface area contributed by atoms with Crippen molar-refractivity contribution >= 4 is 28.7 Å². The van der Waals surface area contributed by atoms with E-state index in [-0.39, 0.29) is 5.91 Å². The molecule has 5 heteroatoms. The molecule has 5 nitrogen and oxygen atoms in total. The standard InChI is InChI=1S/C27H29N3O2/c1-32-26-19-21(27(31)30-17-7-6-10-20-9-2-4-12-23(20)30)14-15-25(26)29-18-8-16-28-22-11-3-5-13-24(22)29/h2-5,9,11-15,19,28H,6-8,10,16-18H2,1H3. The minimum Gasteiger partial charge on any atom is -0.495 e. The number of carbonyl (C=O) groups excluding carboxylic acids is 1. The van der Waals surface area contributed by atoms with E-state index in [9.17, 15) is 4.79 Å². The minimum absolute atomic E-state index is 0.0298. The van der Waals surface area contributed by atoms with Gasteiger partial charge in [-0.1, -0.05) is 30.3 Å². The van der Waals surface area contributed by atoms with E-state index in [1.54, 1.807) is 7.11 Å². The molecule has 0 bridgehead atoms. The lowest BCUT2D eigenvalue weighted by molar-refractivity contribution is 0.0986. The first-order chi connectivity index (χ1) is 15.8. The number of anilines is 4. The molecule has 0 saturated carbocycles.